The molecule has 0 bridgehead atoms. The number of carbonyl (C=O) groups excluding carboxylic acids is 1. The van der Waals surface area contributed by atoms with Crippen molar-refractivity contribution in [3.63, 3.8) is 0 Å². The molecule has 4 N–H and O–H groups in total. The number of thiazole rings is 1. The summed E-state index contributed by atoms with van der Waals surface area (Å²) >= 11 is 1.56. The van der Waals surface area contributed by atoms with Crippen molar-refractivity contribution in [2.24, 2.45) is 5.84 Å². The molecule has 3 rings (SSSR count). The van der Waals surface area contributed by atoms with Gasteiger partial charge in [0.15, 0.2) is 5.13 Å². The predicted octanol–water partition coefficient (Wildman–Crippen LogP) is 2.26. The highest BCUT2D eigenvalue weighted by Crippen LogP contribution is 2.30. The monoisotopic (exact) mass is 303 g/mol. The lowest BCUT2D eigenvalue weighted by Crippen LogP contribution is -2.18. The fourth-order valence-electron chi connectivity index (χ4n) is 2.43. The predicted molar refractivity (Wildman–Crippen MR) is 83.5 cm³/mol. The number of aromatic nitrogens is 2. The summed E-state index contributed by atoms with van der Waals surface area (Å²) in [6.07, 6.45) is 5.96. The Morgan fingerprint density at radius 3 is 2.95 bits per heavy atom. The number of amides is 1. The third-order valence-electron chi connectivity index (χ3n) is 3.51. The first-order chi connectivity index (χ1) is 10.2. The molecule has 2 aromatic rings. The molecule has 0 atom stereocenters. The number of anilines is 2. The van der Waals surface area contributed by atoms with Crippen LogP contribution in [0, 0.1) is 6.92 Å². The molecule has 0 saturated heterocycles. The van der Waals surface area contributed by atoms with Crippen LogP contribution in [0.1, 0.15) is 39.5 Å². The molecule has 1 amide bonds. The second kappa shape index (κ2) is 5.79. The Hall–Kier alpha value is -1.99. The van der Waals surface area contributed by atoms with Crippen molar-refractivity contribution in [1.82, 2.24) is 9.97 Å². The molecular weight excluding hydrogens is 286 g/mol. The number of carbonyl (C=O) groups is 1. The van der Waals surface area contributed by atoms with Crippen molar-refractivity contribution in [2.75, 3.05) is 10.7 Å². The van der Waals surface area contributed by atoms with Crippen LogP contribution in [0.5, 0.6) is 0 Å². The molecule has 1 aliphatic rings. The van der Waals surface area contributed by atoms with Crippen LogP contribution in [-0.2, 0) is 12.8 Å². The van der Waals surface area contributed by atoms with E-state index in [1.807, 2.05) is 6.92 Å². The smallest absolute Gasteiger partial charge is 0.261 e. The van der Waals surface area contributed by atoms with Gasteiger partial charge in [-0.3, -0.25) is 20.9 Å². The van der Waals surface area contributed by atoms with Crippen LogP contribution in [-0.4, -0.2) is 15.9 Å². The third kappa shape index (κ3) is 2.88. The Morgan fingerprint density at radius 1 is 1.38 bits per heavy atom. The van der Waals surface area contributed by atoms with Crippen LogP contribution in [0.2, 0.25) is 0 Å². The van der Waals surface area contributed by atoms with Crippen molar-refractivity contribution in [2.45, 2.75) is 32.6 Å². The van der Waals surface area contributed by atoms with Crippen LogP contribution in [0.15, 0.2) is 12.3 Å². The van der Waals surface area contributed by atoms with Gasteiger partial charge >= 0.3 is 0 Å². The Kier molecular flexibility index (Phi) is 3.85. The number of hydrazine groups is 1. The molecule has 1 aliphatic carbocycles. The molecule has 6 nitrogen and oxygen atoms in total. The van der Waals surface area contributed by atoms with E-state index in [-0.39, 0.29) is 5.91 Å². The molecule has 21 heavy (non-hydrogen) atoms. The molecule has 0 fully saturated rings. The topological polar surface area (TPSA) is 92.9 Å². The van der Waals surface area contributed by atoms with Crippen molar-refractivity contribution in [1.29, 1.82) is 0 Å². The quantitative estimate of drug-likeness (QED) is 0.597. The number of hydrogen-bond acceptors (Lipinski definition) is 6. The lowest BCUT2D eigenvalue weighted by atomic mass is 10.0. The number of nitrogens with two attached hydrogens (primary N) is 1. The maximum Gasteiger partial charge on any atom is 0.261 e. The zero-order chi connectivity index (χ0) is 14.8. The number of aryl methyl sites for hydroxylation is 3. The summed E-state index contributed by atoms with van der Waals surface area (Å²) in [5, 5.41) is 3.49. The van der Waals surface area contributed by atoms with Gasteiger partial charge in [0.2, 0.25) is 0 Å². The molecule has 0 unspecified atom stereocenters. The molecule has 0 saturated carbocycles. The van der Waals surface area contributed by atoms with Crippen LogP contribution in [0.4, 0.5) is 10.8 Å². The summed E-state index contributed by atoms with van der Waals surface area (Å²) in [5.41, 5.74) is 5.43. The maximum atomic E-state index is 12.3. The van der Waals surface area contributed by atoms with Gasteiger partial charge in [0.1, 0.15) is 0 Å². The first kappa shape index (κ1) is 14.0. The summed E-state index contributed by atoms with van der Waals surface area (Å²) in [6.45, 7) is 1.84. The highest BCUT2D eigenvalue weighted by molar-refractivity contribution is 7.15. The van der Waals surface area contributed by atoms with Gasteiger partial charge in [0, 0.05) is 16.8 Å². The van der Waals surface area contributed by atoms with Gasteiger partial charge in [-0.15, -0.1) is 11.3 Å². The van der Waals surface area contributed by atoms with Gasteiger partial charge in [-0.25, -0.2) is 4.98 Å². The van der Waals surface area contributed by atoms with E-state index in [1.54, 1.807) is 17.4 Å². The SMILES string of the molecule is Cc1cc(NN)c(C(=O)Nc2nc3c(s2)CCCC3)cn1. The second-order valence-corrected chi connectivity index (χ2v) is 6.15. The highest BCUT2D eigenvalue weighted by Gasteiger charge is 2.18. The molecule has 7 heteroatoms. The molecule has 0 spiro atoms. The zero-order valence-corrected chi connectivity index (χ0v) is 12.6. The van der Waals surface area contributed by atoms with Crippen molar-refractivity contribution < 1.29 is 4.79 Å². The normalized spacial score (nSPS) is 13.6. The van der Waals surface area contributed by atoms with Crippen molar-refractivity contribution in [3.05, 3.63) is 34.1 Å². The molecule has 0 aromatic carbocycles. The van der Waals surface area contributed by atoms with E-state index in [9.17, 15) is 4.79 Å². The molecule has 0 aliphatic heterocycles. The molecule has 2 heterocycles. The van der Waals surface area contributed by atoms with Gasteiger partial charge < -0.3 is 5.43 Å². The lowest BCUT2D eigenvalue weighted by Gasteiger charge is -2.08. The van der Waals surface area contributed by atoms with E-state index < -0.39 is 0 Å². The van der Waals surface area contributed by atoms with Gasteiger partial charge in [0.25, 0.3) is 5.91 Å². The number of nitrogens with one attached hydrogen (secondary N) is 2. The number of nitrogen functional groups attached to an aromatic ring is 1. The minimum Gasteiger partial charge on any atom is -0.323 e. The lowest BCUT2D eigenvalue weighted by molar-refractivity contribution is 0.102. The number of fused-ring (bicyclic) bond motifs is 1. The van der Waals surface area contributed by atoms with Gasteiger partial charge in [-0.05, 0) is 38.7 Å². The Balaban J connectivity index is 1.81. The molecule has 110 valence electrons. The van der Waals surface area contributed by atoms with Gasteiger partial charge in [-0.1, -0.05) is 0 Å². The summed E-state index contributed by atoms with van der Waals surface area (Å²) in [6, 6.07) is 1.74. The largest absolute Gasteiger partial charge is 0.323 e. The molecule has 0 radical (unpaired) electrons. The third-order valence-corrected chi connectivity index (χ3v) is 4.58. The molecule has 2 aromatic heterocycles. The fourth-order valence-corrected chi connectivity index (χ4v) is 3.47. The number of hydrogen-bond donors (Lipinski definition) is 3. The second-order valence-electron chi connectivity index (χ2n) is 5.07. The number of nitrogens with zero attached hydrogens (tertiary/aromatic N) is 2. The van der Waals surface area contributed by atoms with E-state index in [1.165, 1.54) is 23.9 Å². The Bertz CT molecular complexity index is 658. The van der Waals surface area contributed by atoms with Crippen molar-refractivity contribution in [3.8, 4) is 0 Å². The van der Waals surface area contributed by atoms with Gasteiger partial charge in [0.05, 0.1) is 16.9 Å². The first-order valence-electron chi connectivity index (χ1n) is 6.90. The van der Waals surface area contributed by atoms with Gasteiger partial charge in [-0.2, -0.15) is 0 Å². The first-order valence-corrected chi connectivity index (χ1v) is 7.72. The summed E-state index contributed by atoms with van der Waals surface area (Å²) in [5.74, 6) is 5.21. The average Bonchev–Trinajstić information content (AvgIpc) is 2.88. The van der Waals surface area contributed by atoms with Crippen LogP contribution >= 0.6 is 11.3 Å². The van der Waals surface area contributed by atoms with E-state index in [4.69, 9.17) is 5.84 Å². The van der Waals surface area contributed by atoms with Crippen LogP contribution < -0.4 is 16.6 Å². The van der Waals surface area contributed by atoms with E-state index >= 15 is 0 Å². The Morgan fingerprint density at radius 2 is 2.19 bits per heavy atom. The maximum absolute atomic E-state index is 12.3. The van der Waals surface area contributed by atoms with Crippen LogP contribution in [0.3, 0.4) is 0 Å². The van der Waals surface area contributed by atoms with E-state index in [2.05, 4.69) is 20.7 Å². The highest BCUT2D eigenvalue weighted by atomic mass is 32.1. The van der Waals surface area contributed by atoms with Crippen molar-refractivity contribution >= 4 is 28.1 Å². The number of pyridine rings is 1. The summed E-state index contributed by atoms with van der Waals surface area (Å²) < 4.78 is 0. The number of rotatable bonds is 3. The average molecular weight is 303 g/mol. The standard InChI is InChI=1S/C14H17N5OS/c1-8-6-11(19-15)9(7-16-8)13(20)18-14-17-10-4-2-3-5-12(10)21-14/h6-7H,2-5,15H2,1H3,(H,16,19)(H,17,18,20). The zero-order valence-electron chi connectivity index (χ0n) is 11.8. The van der Waals surface area contributed by atoms with Crippen LogP contribution in [0.25, 0.3) is 0 Å². The fraction of sp³-hybridized carbons (Fsp3) is 0.357. The minimum absolute atomic E-state index is 0.249. The minimum atomic E-state index is -0.249. The van der Waals surface area contributed by atoms with E-state index in [0.717, 1.165) is 24.2 Å². The molecular formula is C14H17N5OS. The summed E-state index contributed by atoms with van der Waals surface area (Å²) in [7, 11) is 0. The van der Waals surface area contributed by atoms with E-state index in [0.29, 0.717) is 16.4 Å². The Labute approximate surface area is 126 Å². The summed E-state index contributed by atoms with van der Waals surface area (Å²) in [4.78, 5) is 22.3.